The van der Waals surface area contributed by atoms with Gasteiger partial charge in [-0.3, -0.25) is 0 Å². The molecule has 88 valence electrons. The van der Waals surface area contributed by atoms with Crippen LogP contribution in [0.1, 0.15) is 32.3 Å². The number of aromatic nitrogens is 2. The SMILES string of the molecule is CCNc1ncnc(OCC2CC2)c1CC. The minimum atomic E-state index is 0.750. The Hall–Kier alpha value is -1.32. The average molecular weight is 221 g/mol. The minimum Gasteiger partial charge on any atom is -0.477 e. The van der Waals surface area contributed by atoms with Gasteiger partial charge in [0.15, 0.2) is 0 Å². The van der Waals surface area contributed by atoms with Crippen LogP contribution in [0.15, 0.2) is 6.33 Å². The van der Waals surface area contributed by atoms with E-state index in [1.54, 1.807) is 6.33 Å². The quantitative estimate of drug-likeness (QED) is 0.800. The molecular weight excluding hydrogens is 202 g/mol. The third-order valence-electron chi connectivity index (χ3n) is 2.76. The zero-order valence-corrected chi connectivity index (χ0v) is 9.99. The lowest BCUT2D eigenvalue weighted by Gasteiger charge is -2.12. The van der Waals surface area contributed by atoms with E-state index in [2.05, 4.69) is 29.1 Å². The molecule has 4 nitrogen and oxygen atoms in total. The van der Waals surface area contributed by atoms with Gasteiger partial charge in [0.2, 0.25) is 5.88 Å². The molecule has 2 rings (SSSR count). The van der Waals surface area contributed by atoms with Crippen molar-refractivity contribution in [1.82, 2.24) is 9.97 Å². The number of nitrogens with zero attached hydrogens (tertiary/aromatic N) is 2. The fraction of sp³-hybridized carbons (Fsp3) is 0.667. The first-order valence-electron chi connectivity index (χ1n) is 6.05. The van der Waals surface area contributed by atoms with Crippen LogP contribution in [0.5, 0.6) is 5.88 Å². The monoisotopic (exact) mass is 221 g/mol. The van der Waals surface area contributed by atoms with Gasteiger partial charge >= 0.3 is 0 Å². The van der Waals surface area contributed by atoms with Gasteiger partial charge in [-0.25, -0.2) is 9.97 Å². The Morgan fingerprint density at radius 3 is 2.81 bits per heavy atom. The summed E-state index contributed by atoms with van der Waals surface area (Å²) in [7, 11) is 0. The van der Waals surface area contributed by atoms with Crippen LogP contribution in [0.3, 0.4) is 0 Å². The van der Waals surface area contributed by atoms with E-state index in [1.165, 1.54) is 12.8 Å². The fourth-order valence-electron chi connectivity index (χ4n) is 1.64. The lowest BCUT2D eigenvalue weighted by Crippen LogP contribution is -2.08. The van der Waals surface area contributed by atoms with Crippen molar-refractivity contribution in [3.63, 3.8) is 0 Å². The number of hydrogen-bond acceptors (Lipinski definition) is 4. The highest BCUT2D eigenvalue weighted by Gasteiger charge is 2.23. The predicted molar refractivity (Wildman–Crippen MR) is 63.8 cm³/mol. The molecule has 1 fully saturated rings. The van der Waals surface area contributed by atoms with Gasteiger partial charge in [-0.1, -0.05) is 6.92 Å². The van der Waals surface area contributed by atoms with Crippen LogP contribution >= 0.6 is 0 Å². The topological polar surface area (TPSA) is 47.0 Å². The first-order valence-corrected chi connectivity index (χ1v) is 6.05. The molecule has 16 heavy (non-hydrogen) atoms. The van der Waals surface area contributed by atoms with Crippen molar-refractivity contribution >= 4 is 5.82 Å². The van der Waals surface area contributed by atoms with E-state index in [4.69, 9.17) is 4.74 Å². The molecule has 1 aliphatic rings. The van der Waals surface area contributed by atoms with Crippen LogP contribution < -0.4 is 10.1 Å². The number of anilines is 1. The molecule has 0 spiro atoms. The van der Waals surface area contributed by atoms with Gasteiger partial charge < -0.3 is 10.1 Å². The Morgan fingerprint density at radius 1 is 1.38 bits per heavy atom. The van der Waals surface area contributed by atoms with Crippen molar-refractivity contribution < 1.29 is 4.74 Å². The standard InChI is InChI=1S/C12H19N3O/c1-3-10-11(13-4-2)14-8-15-12(10)16-7-9-5-6-9/h8-9H,3-7H2,1-2H3,(H,13,14,15). The second-order valence-electron chi connectivity index (χ2n) is 4.14. The lowest BCUT2D eigenvalue weighted by molar-refractivity contribution is 0.285. The molecule has 0 unspecified atom stereocenters. The summed E-state index contributed by atoms with van der Waals surface area (Å²) in [5.41, 5.74) is 1.09. The zero-order chi connectivity index (χ0) is 11.4. The number of ether oxygens (including phenoxy) is 1. The summed E-state index contributed by atoms with van der Waals surface area (Å²) in [5, 5.41) is 3.24. The Labute approximate surface area is 96.4 Å². The largest absolute Gasteiger partial charge is 0.477 e. The Bertz CT molecular complexity index is 350. The first-order chi connectivity index (χ1) is 7.85. The van der Waals surface area contributed by atoms with Crippen molar-refractivity contribution in [2.45, 2.75) is 33.1 Å². The van der Waals surface area contributed by atoms with E-state index >= 15 is 0 Å². The molecule has 1 aliphatic carbocycles. The van der Waals surface area contributed by atoms with E-state index in [1.807, 2.05) is 0 Å². The van der Waals surface area contributed by atoms with Crippen LogP contribution in [-0.4, -0.2) is 23.1 Å². The third-order valence-corrected chi connectivity index (χ3v) is 2.76. The molecule has 0 saturated heterocycles. The molecule has 1 aromatic heterocycles. The summed E-state index contributed by atoms with van der Waals surface area (Å²) in [4.78, 5) is 8.46. The fourth-order valence-corrected chi connectivity index (χ4v) is 1.64. The van der Waals surface area contributed by atoms with Gasteiger partial charge in [0, 0.05) is 6.54 Å². The van der Waals surface area contributed by atoms with Crippen LogP contribution in [0.2, 0.25) is 0 Å². The maximum atomic E-state index is 5.75. The highest BCUT2D eigenvalue weighted by atomic mass is 16.5. The average Bonchev–Trinajstić information content (AvgIpc) is 3.11. The molecule has 1 aromatic rings. The van der Waals surface area contributed by atoms with Gasteiger partial charge in [-0.15, -0.1) is 0 Å². The van der Waals surface area contributed by atoms with Crippen LogP contribution in [0.25, 0.3) is 0 Å². The molecule has 0 amide bonds. The van der Waals surface area contributed by atoms with E-state index < -0.39 is 0 Å². The Kier molecular flexibility index (Phi) is 3.59. The van der Waals surface area contributed by atoms with E-state index in [0.29, 0.717) is 0 Å². The van der Waals surface area contributed by atoms with Crippen LogP contribution in [-0.2, 0) is 6.42 Å². The Balaban J connectivity index is 2.10. The van der Waals surface area contributed by atoms with E-state index in [-0.39, 0.29) is 0 Å². The molecule has 4 heteroatoms. The number of rotatable bonds is 6. The number of nitrogens with one attached hydrogen (secondary N) is 1. The van der Waals surface area contributed by atoms with E-state index in [0.717, 1.165) is 42.8 Å². The predicted octanol–water partition coefficient (Wildman–Crippen LogP) is 2.26. The smallest absolute Gasteiger partial charge is 0.221 e. The zero-order valence-electron chi connectivity index (χ0n) is 9.99. The second kappa shape index (κ2) is 5.14. The number of hydrogen-bond donors (Lipinski definition) is 1. The summed E-state index contributed by atoms with van der Waals surface area (Å²) in [5.74, 6) is 2.41. The summed E-state index contributed by atoms with van der Waals surface area (Å²) >= 11 is 0. The minimum absolute atomic E-state index is 0.750. The maximum Gasteiger partial charge on any atom is 0.221 e. The first kappa shape index (κ1) is 11.2. The van der Waals surface area contributed by atoms with E-state index in [9.17, 15) is 0 Å². The van der Waals surface area contributed by atoms with Gasteiger partial charge in [-0.05, 0) is 32.1 Å². The van der Waals surface area contributed by atoms with Crippen molar-refractivity contribution in [3.05, 3.63) is 11.9 Å². The highest BCUT2D eigenvalue weighted by Crippen LogP contribution is 2.30. The molecule has 0 aliphatic heterocycles. The van der Waals surface area contributed by atoms with Gasteiger partial charge in [-0.2, -0.15) is 0 Å². The third kappa shape index (κ3) is 2.62. The van der Waals surface area contributed by atoms with Crippen molar-refractivity contribution in [1.29, 1.82) is 0 Å². The molecule has 0 atom stereocenters. The van der Waals surface area contributed by atoms with Crippen LogP contribution in [0, 0.1) is 5.92 Å². The molecule has 0 aromatic carbocycles. The van der Waals surface area contributed by atoms with Gasteiger partial charge in [0.25, 0.3) is 0 Å². The van der Waals surface area contributed by atoms with Crippen LogP contribution in [0.4, 0.5) is 5.82 Å². The molecule has 1 saturated carbocycles. The summed E-state index contributed by atoms with van der Waals surface area (Å²) in [6.07, 6.45) is 5.06. The Morgan fingerprint density at radius 2 is 2.19 bits per heavy atom. The van der Waals surface area contributed by atoms with Crippen molar-refractivity contribution in [2.75, 3.05) is 18.5 Å². The van der Waals surface area contributed by atoms with Gasteiger partial charge in [0.05, 0.1) is 12.2 Å². The summed E-state index contributed by atoms with van der Waals surface area (Å²) in [6.45, 7) is 5.83. The molecule has 1 heterocycles. The van der Waals surface area contributed by atoms with Crippen molar-refractivity contribution in [2.24, 2.45) is 5.92 Å². The lowest BCUT2D eigenvalue weighted by atomic mass is 10.2. The molecule has 0 radical (unpaired) electrons. The summed E-state index contributed by atoms with van der Waals surface area (Å²) in [6, 6.07) is 0. The molecule has 1 N–H and O–H groups in total. The highest BCUT2D eigenvalue weighted by molar-refractivity contribution is 5.48. The maximum absolute atomic E-state index is 5.75. The van der Waals surface area contributed by atoms with Crippen molar-refractivity contribution in [3.8, 4) is 5.88 Å². The normalized spacial score (nSPS) is 14.9. The molecule has 0 bridgehead atoms. The summed E-state index contributed by atoms with van der Waals surface area (Å²) < 4.78 is 5.75. The molecular formula is C12H19N3O. The van der Waals surface area contributed by atoms with Gasteiger partial charge in [0.1, 0.15) is 12.1 Å². The second-order valence-corrected chi connectivity index (χ2v) is 4.14.